The summed E-state index contributed by atoms with van der Waals surface area (Å²) in [6.45, 7) is 4.68. The van der Waals surface area contributed by atoms with Crippen molar-refractivity contribution in [2.75, 3.05) is 37.6 Å². The van der Waals surface area contributed by atoms with E-state index in [2.05, 4.69) is 21.9 Å². The van der Waals surface area contributed by atoms with Crippen LogP contribution in [0.1, 0.15) is 56.4 Å². The normalized spacial score (nSPS) is 28.9. The van der Waals surface area contributed by atoms with Crippen LogP contribution in [0.2, 0.25) is 0 Å². The van der Waals surface area contributed by atoms with Crippen molar-refractivity contribution in [2.24, 2.45) is 5.92 Å². The summed E-state index contributed by atoms with van der Waals surface area (Å²) in [5.74, 6) is 1.05. The molecule has 5 nitrogen and oxygen atoms in total. The van der Waals surface area contributed by atoms with E-state index in [0.717, 1.165) is 63.7 Å². The van der Waals surface area contributed by atoms with Gasteiger partial charge < -0.3 is 9.80 Å². The lowest BCUT2D eigenvalue weighted by Gasteiger charge is -2.43. The average molecular weight is 382 g/mol. The molecule has 2 saturated carbocycles. The third-order valence-corrected chi connectivity index (χ3v) is 7.26. The lowest BCUT2D eigenvalue weighted by atomic mass is 9.91. The third kappa shape index (κ3) is 3.45. The molecule has 0 N–H and O–H groups in total. The highest BCUT2D eigenvalue weighted by atomic mass is 16.2. The number of hydrogen-bond acceptors (Lipinski definition) is 3. The maximum atomic E-state index is 13.0. The van der Waals surface area contributed by atoms with Crippen LogP contribution in [0.4, 0.5) is 5.69 Å². The Hall–Kier alpha value is -1.88. The Bertz CT molecular complexity index is 752. The molecule has 4 fully saturated rings. The van der Waals surface area contributed by atoms with Gasteiger partial charge in [0.1, 0.15) is 0 Å². The molecule has 2 aliphatic carbocycles. The molecule has 0 unspecified atom stereocenters. The van der Waals surface area contributed by atoms with Gasteiger partial charge in [-0.25, -0.2) is 0 Å². The molecule has 2 aliphatic heterocycles. The summed E-state index contributed by atoms with van der Waals surface area (Å²) in [5.41, 5.74) is 2.23. The number of piperidine rings is 1. The first kappa shape index (κ1) is 18.2. The topological polar surface area (TPSA) is 43.9 Å². The van der Waals surface area contributed by atoms with E-state index < -0.39 is 0 Å². The van der Waals surface area contributed by atoms with Crippen molar-refractivity contribution in [2.45, 2.75) is 56.9 Å². The zero-order valence-electron chi connectivity index (χ0n) is 16.7. The molecule has 2 saturated heterocycles. The first-order valence-electron chi connectivity index (χ1n) is 11.1. The minimum atomic E-state index is 0.141. The van der Waals surface area contributed by atoms with E-state index in [-0.39, 0.29) is 11.8 Å². The minimum Gasteiger partial charge on any atom is -0.340 e. The van der Waals surface area contributed by atoms with Gasteiger partial charge in [-0.05, 0) is 55.7 Å². The monoisotopic (exact) mass is 381 g/mol. The fraction of sp³-hybridized carbons (Fsp3) is 0.652. The first-order chi connectivity index (χ1) is 13.7. The van der Waals surface area contributed by atoms with E-state index in [9.17, 15) is 9.59 Å². The van der Waals surface area contributed by atoms with Gasteiger partial charge in [0, 0.05) is 56.8 Å². The average Bonchev–Trinajstić information content (AvgIpc) is 3.48. The second kappa shape index (κ2) is 7.51. The van der Waals surface area contributed by atoms with Gasteiger partial charge in [-0.15, -0.1) is 0 Å². The van der Waals surface area contributed by atoms with Crippen LogP contribution in [0.25, 0.3) is 0 Å². The molecule has 1 aromatic carbocycles. The quantitative estimate of drug-likeness (QED) is 0.805. The number of carbonyl (C=O) groups is 2. The fourth-order valence-corrected chi connectivity index (χ4v) is 5.13. The molecule has 2 amide bonds. The zero-order valence-corrected chi connectivity index (χ0v) is 16.7. The van der Waals surface area contributed by atoms with Crippen molar-refractivity contribution in [3.05, 3.63) is 29.8 Å². The molecule has 150 valence electrons. The Balaban J connectivity index is 1.19. The molecule has 2 atom stereocenters. The predicted octanol–water partition coefficient (Wildman–Crippen LogP) is 3.00. The number of amides is 2. The van der Waals surface area contributed by atoms with Gasteiger partial charge in [0.05, 0.1) is 0 Å². The maximum absolute atomic E-state index is 13.0. The van der Waals surface area contributed by atoms with Crippen LogP contribution in [-0.2, 0) is 9.59 Å². The third-order valence-electron chi connectivity index (χ3n) is 7.26. The SMILES string of the molecule is O=C([C@@H]1C[C@H]1c1cccc(N2CCCCC2=O)c1)N1CCN(C2CCC2)CC1. The molecular formula is C23H31N3O2. The van der Waals surface area contributed by atoms with Crippen molar-refractivity contribution in [3.8, 4) is 0 Å². The van der Waals surface area contributed by atoms with Crippen molar-refractivity contribution in [1.29, 1.82) is 0 Å². The molecule has 0 bridgehead atoms. The lowest BCUT2D eigenvalue weighted by molar-refractivity contribution is -0.135. The highest BCUT2D eigenvalue weighted by molar-refractivity contribution is 5.94. The Morgan fingerprint density at radius 1 is 0.964 bits per heavy atom. The summed E-state index contributed by atoms with van der Waals surface area (Å²) in [5, 5.41) is 0. The summed E-state index contributed by atoms with van der Waals surface area (Å²) >= 11 is 0. The van der Waals surface area contributed by atoms with Crippen LogP contribution in [0.3, 0.4) is 0 Å². The predicted molar refractivity (Wildman–Crippen MR) is 109 cm³/mol. The largest absolute Gasteiger partial charge is 0.340 e. The van der Waals surface area contributed by atoms with Crippen LogP contribution >= 0.6 is 0 Å². The number of benzene rings is 1. The summed E-state index contributed by atoms with van der Waals surface area (Å²) < 4.78 is 0. The number of piperazine rings is 1. The van der Waals surface area contributed by atoms with E-state index in [4.69, 9.17) is 0 Å². The molecule has 5 heteroatoms. The number of nitrogens with zero attached hydrogens (tertiary/aromatic N) is 3. The first-order valence-corrected chi connectivity index (χ1v) is 11.1. The van der Waals surface area contributed by atoms with Crippen LogP contribution in [0, 0.1) is 5.92 Å². The molecular weight excluding hydrogens is 350 g/mol. The van der Waals surface area contributed by atoms with E-state index in [1.807, 2.05) is 17.0 Å². The van der Waals surface area contributed by atoms with Crippen LogP contribution in [0.15, 0.2) is 24.3 Å². The highest BCUT2D eigenvalue weighted by Crippen LogP contribution is 2.49. The Morgan fingerprint density at radius 3 is 2.50 bits per heavy atom. The van der Waals surface area contributed by atoms with E-state index in [1.54, 1.807) is 0 Å². The van der Waals surface area contributed by atoms with Gasteiger partial charge in [0.2, 0.25) is 11.8 Å². The maximum Gasteiger partial charge on any atom is 0.226 e. The molecule has 0 spiro atoms. The van der Waals surface area contributed by atoms with Crippen molar-refractivity contribution in [1.82, 2.24) is 9.80 Å². The van der Waals surface area contributed by atoms with Crippen molar-refractivity contribution in [3.63, 3.8) is 0 Å². The number of rotatable bonds is 4. The molecule has 4 aliphatic rings. The van der Waals surface area contributed by atoms with Gasteiger partial charge >= 0.3 is 0 Å². The Kier molecular flexibility index (Phi) is 4.87. The van der Waals surface area contributed by atoms with Crippen LogP contribution < -0.4 is 4.90 Å². The summed E-state index contributed by atoms with van der Waals surface area (Å²) in [7, 11) is 0. The molecule has 0 aromatic heterocycles. The van der Waals surface area contributed by atoms with E-state index in [1.165, 1.54) is 24.8 Å². The second-order valence-electron chi connectivity index (χ2n) is 8.99. The van der Waals surface area contributed by atoms with Gasteiger partial charge in [0.15, 0.2) is 0 Å². The lowest BCUT2D eigenvalue weighted by Crippen LogP contribution is -2.53. The van der Waals surface area contributed by atoms with Crippen LogP contribution in [0.5, 0.6) is 0 Å². The van der Waals surface area contributed by atoms with E-state index in [0.29, 0.717) is 18.2 Å². The smallest absolute Gasteiger partial charge is 0.226 e. The molecule has 2 heterocycles. The van der Waals surface area contributed by atoms with Gasteiger partial charge in [-0.3, -0.25) is 14.5 Å². The molecule has 1 aromatic rings. The Labute approximate surface area is 167 Å². The molecule has 28 heavy (non-hydrogen) atoms. The summed E-state index contributed by atoms with van der Waals surface area (Å²) in [6.07, 6.45) is 7.74. The van der Waals surface area contributed by atoms with Gasteiger partial charge in [-0.2, -0.15) is 0 Å². The molecule has 5 rings (SSSR count). The fourth-order valence-electron chi connectivity index (χ4n) is 5.13. The van der Waals surface area contributed by atoms with Crippen molar-refractivity contribution >= 4 is 17.5 Å². The summed E-state index contributed by atoms with van der Waals surface area (Å²) in [6, 6.07) is 9.14. The highest BCUT2D eigenvalue weighted by Gasteiger charge is 2.46. The number of anilines is 1. The van der Waals surface area contributed by atoms with E-state index >= 15 is 0 Å². The Morgan fingerprint density at radius 2 is 1.79 bits per heavy atom. The van der Waals surface area contributed by atoms with Crippen LogP contribution in [-0.4, -0.2) is 60.4 Å². The van der Waals surface area contributed by atoms with Crippen molar-refractivity contribution < 1.29 is 9.59 Å². The minimum absolute atomic E-state index is 0.141. The second-order valence-corrected chi connectivity index (χ2v) is 8.99. The van der Waals surface area contributed by atoms with Gasteiger partial charge in [-0.1, -0.05) is 18.6 Å². The zero-order chi connectivity index (χ0) is 19.1. The number of carbonyl (C=O) groups excluding carboxylic acids is 2. The standard InChI is InChI=1S/C23H31N3O2/c27-22-9-1-2-10-26(22)19-8-3-5-17(15-19)20-16-21(20)23(28)25-13-11-24(12-14-25)18-6-4-7-18/h3,5,8,15,18,20-21H,1-2,4,6-7,9-14,16H2/t20-,21+/m0/s1. The van der Waals surface area contributed by atoms with Gasteiger partial charge in [0.25, 0.3) is 0 Å². The summed E-state index contributed by atoms with van der Waals surface area (Å²) in [4.78, 5) is 31.8. The molecule has 0 radical (unpaired) electrons. The number of hydrogen-bond donors (Lipinski definition) is 0.